The number of rotatable bonds is 5. The zero-order chi connectivity index (χ0) is 16.1. The summed E-state index contributed by atoms with van der Waals surface area (Å²) in [5, 5.41) is 11.8. The highest BCUT2D eigenvalue weighted by molar-refractivity contribution is 7.15. The molecule has 1 fully saturated rings. The van der Waals surface area contributed by atoms with E-state index in [4.69, 9.17) is 5.11 Å². The number of thiophene rings is 1. The minimum Gasteiger partial charge on any atom is -0.477 e. The molecule has 1 aliphatic rings. The molecule has 120 valence electrons. The van der Waals surface area contributed by atoms with Crippen LogP contribution in [0.25, 0.3) is 0 Å². The number of carboxylic acid groups (broad SMARTS) is 1. The highest BCUT2D eigenvalue weighted by atomic mass is 32.1. The van der Waals surface area contributed by atoms with Crippen molar-refractivity contribution in [1.82, 2.24) is 10.2 Å². The number of carbonyl (C=O) groups excluding carboxylic acids is 2. The third-order valence-corrected chi connectivity index (χ3v) is 4.72. The quantitative estimate of drug-likeness (QED) is 0.865. The topological polar surface area (TPSA) is 86.7 Å². The molecule has 0 bridgehead atoms. The van der Waals surface area contributed by atoms with E-state index in [0.29, 0.717) is 24.5 Å². The van der Waals surface area contributed by atoms with Gasteiger partial charge in [-0.05, 0) is 31.4 Å². The van der Waals surface area contributed by atoms with Crippen LogP contribution in [0.1, 0.15) is 45.5 Å². The van der Waals surface area contributed by atoms with Crippen molar-refractivity contribution < 1.29 is 19.5 Å². The lowest BCUT2D eigenvalue weighted by atomic mass is 9.97. The Balaban J connectivity index is 2.00. The predicted octanol–water partition coefficient (Wildman–Crippen LogP) is 1.82. The van der Waals surface area contributed by atoms with E-state index in [2.05, 4.69) is 5.32 Å². The summed E-state index contributed by atoms with van der Waals surface area (Å²) in [7, 11) is 0. The van der Waals surface area contributed by atoms with Crippen LogP contribution in [-0.4, -0.2) is 47.4 Å². The van der Waals surface area contributed by atoms with Crippen molar-refractivity contribution in [2.24, 2.45) is 5.92 Å². The van der Waals surface area contributed by atoms with Crippen molar-refractivity contribution in [3.8, 4) is 0 Å². The molecule has 2 N–H and O–H groups in total. The Bertz CT molecular complexity index is 570. The lowest BCUT2D eigenvalue weighted by molar-refractivity contribution is -0.126. The molecule has 1 unspecified atom stereocenters. The number of piperidine rings is 1. The lowest BCUT2D eigenvalue weighted by Crippen LogP contribution is -2.45. The molecule has 0 aliphatic carbocycles. The molecule has 1 aliphatic heterocycles. The van der Waals surface area contributed by atoms with E-state index >= 15 is 0 Å². The molecule has 0 spiro atoms. The second-order valence-electron chi connectivity index (χ2n) is 5.35. The maximum Gasteiger partial charge on any atom is 0.345 e. The second kappa shape index (κ2) is 7.40. The van der Waals surface area contributed by atoms with Crippen molar-refractivity contribution in [2.45, 2.75) is 26.2 Å². The number of aromatic carboxylic acids is 1. The van der Waals surface area contributed by atoms with Gasteiger partial charge in [0, 0.05) is 19.6 Å². The van der Waals surface area contributed by atoms with Gasteiger partial charge in [-0.15, -0.1) is 11.3 Å². The maximum absolute atomic E-state index is 12.4. The monoisotopic (exact) mass is 324 g/mol. The average molecular weight is 324 g/mol. The van der Waals surface area contributed by atoms with Gasteiger partial charge in [-0.1, -0.05) is 6.92 Å². The highest BCUT2D eigenvalue weighted by Gasteiger charge is 2.29. The van der Waals surface area contributed by atoms with Crippen LogP contribution < -0.4 is 5.32 Å². The first-order valence-corrected chi connectivity index (χ1v) is 8.24. The number of nitrogens with zero attached hydrogens (tertiary/aromatic N) is 1. The molecule has 1 atom stereocenters. The summed E-state index contributed by atoms with van der Waals surface area (Å²) in [5.41, 5.74) is 0. The van der Waals surface area contributed by atoms with E-state index in [0.717, 1.165) is 30.6 Å². The van der Waals surface area contributed by atoms with E-state index in [9.17, 15) is 14.4 Å². The smallest absolute Gasteiger partial charge is 0.345 e. The van der Waals surface area contributed by atoms with Crippen molar-refractivity contribution in [3.05, 3.63) is 21.9 Å². The van der Waals surface area contributed by atoms with Crippen molar-refractivity contribution in [2.75, 3.05) is 19.6 Å². The minimum atomic E-state index is -1.03. The molecule has 1 aromatic rings. The highest BCUT2D eigenvalue weighted by Crippen LogP contribution is 2.23. The third-order valence-electron chi connectivity index (χ3n) is 3.66. The molecule has 2 heterocycles. The summed E-state index contributed by atoms with van der Waals surface area (Å²) in [6.07, 6.45) is 2.45. The molecule has 2 amide bonds. The van der Waals surface area contributed by atoms with Crippen LogP contribution in [0.15, 0.2) is 12.1 Å². The Labute approximate surface area is 133 Å². The summed E-state index contributed by atoms with van der Waals surface area (Å²) < 4.78 is 0. The fourth-order valence-electron chi connectivity index (χ4n) is 2.49. The largest absolute Gasteiger partial charge is 0.477 e. The number of likely N-dealkylation sites (tertiary alicyclic amines) is 1. The molecular formula is C15H20N2O4S. The Morgan fingerprint density at radius 3 is 2.73 bits per heavy atom. The van der Waals surface area contributed by atoms with Gasteiger partial charge >= 0.3 is 5.97 Å². The van der Waals surface area contributed by atoms with Crippen molar-refractivity contribution >= 4 is 29.1 Å². The zero-order valence-electron chi connectivity index (χ0n) is 12.5. The van der Waals surface area contributed by atoms with Gasteiger partial charge in [0.25, 0.3) is 5.91 Å². The number of carboxylic acids is 1. The first kappa shape index (κ1) is 16.5. The van der Waals surface area contributed by atoms with Crippen LogP contribution in [-0.2, 0) is 4.79 Å². The standard InChI is InChI=1S/C15H20N2O4S/c1-2-7-16-13(18)10-4-3-8-17(9-10)14(19)11-5-6-12(22-11)15(20)21/h5-6,10H,2-4,7-9H2,1H3,(H,16,18)(H,20,21). The average Bonchev–Trinajstić information content (AvgIpc) is 3.02. The molecule has 0 saturated carbocycles. The molecule has 1 aromatic heterocycles. The Kier molecular flexibility index (Phi) is 5.54. The van der Waals surface area contributed by atoms with Gasteiger partial charge in [0.05, 0.1) is 10.8 Å². The van der Waals surface area contributed by atoms with Gasteiger partial charge in [-0.3, -0.25) is 9.59 Å². The molecule has 0 aromatic carbocycles. The fourth-order valence-corrected chi connectivity index (χ4v) is 3.30. The van der Waals surface area contributed by atoms with Crippen LogP contribution in [0.5, 0.6) is 0 Å². The first-order valence-electron chi connectivity index (χ1n) is 7.43. The van der Waals surface area contributed by atoms with E-state index in [1.165, 1.54) is 12.1 Å². The number of amides is 2. The van der Waals surface area contributed by atoms with Crippen LogP contribution in [0.4, 0.5) is 0 Å². The van der Waals surface area contributed by atoms with Crippen molar-refractivity contribution in [3.63, 3.8) is 0 Å². The Hall–Kier alpha value is -1.89. The maximum atomic E-state index is 12.4. The van der Waals surface area contributed by atoms with Crippen LogP contribution in [0.3, 0.4) is 0 Å². The number of hydrogen-bond acceptors (Lipinski definition) is 4. The second-order valence-corrected chi connectivity index (χ2v) is 6.43. The zero-order valence-corrected chi connectivity index (χ0v) is 13.3. The van der Waals surface area contributed by atoms with Crippen LogP contribution >= 0.6 is 11.3 Å². The van der Waals surface area contributed by atoms with Crippen molar-refractivity contribution in [1.29, 1.82) is 0 Å². The molecule has 1 saturated heterocycles. The van der Waals surface area contributed by atoms with Gasteiger partial charge in [-0.2, -0.15) is 0 Å². The summed E-state index contributed by atoms with van der Waals surface area (Å²) in [4.78, 5) is 37.6. The summed E-state index contributed by atoms with van der Waals surface area (Å²) >= 11 is 0.975. The molecule has 2 rings (SSSR count). The van der Waals surface area contributed by atoms with Gasteiger partial charge in [-0.25, -0.2) is 4.79 Å². The van der Waals surface area contributed by atoms with Gasteiger partial charge < -0.3 is 15.3 Å². The fraction of sp³-hybridized carbons (Fsp3) is 0.533. The Morgan fingerprint density at radius 2 is 2.09 bits per heavy atom. The van der Waals surface area contributed by atoms with E-state index in [-0.39, 0.29) is 22.6 Å². The SMILES string of the molecule is CCCNC(=O)C1CCCN(C(=O)c2ccc(C(=O)O)s2)C1. The van der Waals surface area contributed by atoms with E-state index in [1.54, 1.807) is 4.90 Å². The van der Waals surface area contributed by atoms with E-state index in [1.807, 2.05) is 6.92 Å². The normalized spacial score (nSPS) is 18.0. The minimum absolute atomic E-state index is 0.00301. The van der Waals surface area contributed by atoms with Crippen LogP contribution in [0.2, 0.25) is 0 Å². The number of hydrogen-bond donors (Lipinski definition) is 2. The molecular weight excluding hydrogens is 304 g/mol. The Morgan fingerprint density at radius 1 is 1.36 bits per heavy atom. The third kappa shape index (κ3) is 3.85. The van der Waals surface area contributed by atoms with Gasteiger partial charge in [0.1, 0.15) is 4.88 Å². The number of carbonyl (C=O) groups is 3. The van der Waals surface area contributed by atoms with Gasteiger partial charge in [0.2, 0.25) is 5.91 Å². The molecule has 6 nitrogen and oxygen atoms in total. The summed E-state index contributed by atoms with van der Waals surface area (Å²) in [5.74, 6) is -1.40. The molecule has 22 heavy (non-hydrogen) atoms. The van der Waals surface area contributed by atoms with E-state index < -0.39 is 5.97 Å². The van der Waals surface area contributed by atoms with Crippen LogP contribution in [0, 0.1) is 5.92 Å². The molecule has 0 radical (unpaired) electrons. The summed E-state index contributed by atoms with van der Waals surface area (Å²) in [6, 6.07) is 2.98. The molecule has 7 heteroatoms. The number of nitrogens with one attached hydrogen (secondary N) is 1. The first-order chi connectivity index (χ1) is 10.5. The lowest BCUT2D eigenvalue weighted by Gasteiger charge is -2.31. The summed E-state index contributed by atoms with van der Waals surface area (Å²) in [6.45, 7) is 3.65. The predicted molar refractivity (Wildman–Crippen MR) is 83.2 cm³/mol. The van der Waals surface area contributed by atoms with Gasteiger partial charge in [0.15, 0.2) is 0 Å².